The van der Waals surface area contributed by atoms with Crippen molar-refractivity contribution in [3.8, 4) is 0 Å². The third-order valence-corrected chi connectivity index (χ3v) is 3.97. The second-order valence-electron chi connectivity index (χ2n) is 6.17. The van der Waals surface area contributed by atoms with Crippen LogP contribution in [0.5, 0.6) is 0 Å². The van der Waals surface area contributed by atoms with E-state index < -0.39 is 28.5 Å². The molecule has 2 rings (SSSR count). The summed E-state index contributed by atoms with van der Waals surface area (Å²) >= 11 is 0. The maximum absolute atomic E-state index is 12.6. The Labute approximate surface area is 173 Å². The fourth-order valence-electron chi connectivity index (χ4n) is 2.62. The third-order valence-electron chi connectivity index (χ3n) is 3.97. The molecule has 0 fully saturated rings. The van der Waals surface area contributed by atoms with Crippen LogP contribution in [0.3, 0.4) is 0 Å². The number of hydrogen-bond acceptors (Lipinski definition) is 6. The zero-order chi connectivity index (χ0) is 18.7. The summed E-state index contributed by atoms with van der Waals surface area (Å²) in [6, 6.07) is 1.27. The number of carbonyl (C=O) groups excluding carboxylic acids is 3. The fourth-order valence-corrected chi connectivity index (χ4v) is 2.62. The first-order valence-corrected chi connectivity index (χ1v) is 7.99. The first kappa shape index (κ1) is 22.3. The zero-order valence-electron chi connectivity index (χ0n) is 15.5. The van der Waals surface area contributed by atoms with Gasteiger partial charge in [-0.15, -0.1) is 5.76 Å². The summed E-state index contributed by atoms with van der Waals surface area (Å²) in [7, 11) is 3.20. The maximum Gasteiger partial charge on any atom is 1.00 e. The molecule has 0 aliphatic heterocycles. The molecule has 0 spiro atoms. The van der Waals surface area contributed by atoms with Gasteiger partial charge in [-0.25, -0.2) is 4.68 Å². The van der Waals surface area contributed by atoms with Crippen LogP contribution in [-0.4, -0.2) is 46.2 Å². The molecule has 1 aliphatic carbocycles. The summed E-state index contributed by atoms with van der Waals surface area (Å²) in [5.41, 5.74) is -1.01. The van der Waals surface area contributed by atoms with Crippen molar-refractivity contribution in [2.45, 2.75) is 39.2 Å². The second-order valence-corrected chi connectivity index (χ2v) is 6.17. The Balaban J connectivity index is 0.00000338. The average Bonchev–Trinajstić information content (AvgIpc) is 2.54. The molecule has 9 heteroatoms. The molecular formula is C17H20N3NaO5. The van der Waals surface area contributed by atoms with Gasteiger partial charge >= 0.3 is 29.6 Å². The number of carbonyl (C=O) groups is 3. The molecule has 0 saturated carbocycles. The molecule has 1 amide bonds. The van der Waals surface area contributed by atoms with E-state index in [0.29, 0.717) is 12.1 Å². The first-order chi connectivity index (χ1) is 11.7. The topological polar surface area (TPSA) is 112 Å². The van der Waals surface area contributed by atoms with Crippen molar-refractivity contribution in [3.05, 3.63) is 39.0 Å². The van der Waals surface area contributed by atoms with E-state index in [2.05, 4.69) is 5.10 Å². The number of aromatic nitrogens is 2. The van der Waals surface area contributed by atoms with Gasteiger partial charge < -0.3 is 10.0 Å². The van der Waals surface area contributed by atoms with Gasteiger partial charge in [0.1, 0.15) is 0 Å². The van der Waals surface area contributed by atoms with Crippen molar-refractivity contribution in [3.63, 3.8) is 0 Å². The summed E-state index contributed by atoms with van der Waals surface area (Å²) in [6.07, 6.45) is 0.719. The van der Waals surface area contributed by atoms with E-state index in [-0.39, 0.29) is 66.8 Å². The molecule has 0 aromatic carbocycles. The Kier molecular flexibility index (Phi) is 7.92. The van der Waals surface area contributed by atoms with Crippen molar-refractivity contribution in [1.29, 1.82) is 0 Å². The number of ketones is 2. The number of aryl methyl sites for hydroxylation is 2. The molecule has 134 valence electrons. The molecule has 0 atom stereocenters. The summed E-state index contributed by atoms with van der Waals surface area (Å²) in [5.74, 6) is -2.08. The molecule has 0 saturated heterocycles. The van der Waals surface area contributed by atoms with Gasteiger partial charge in [0.2, 0.25) is 11.7 Å². The van der Waals surface area contributed by atoms with Crippen LogP contribution < -0.4 is 40.2 Å². The number of amides is 1. The van der Waals surface area contributed by atoms with Gasteiger partial charge in [-0.2, -0.15) is 5.10 Å². The number of rotatable bonds is 5. The maximum atomic E-state index is 12.6. The Hall–Kier alpha value is -1.77. The summed E-state index contributed by atoms with van der Waals surface area (Å²) in [5, 5.41) is 16.0. The van der Waals surface area contributed by atoms with Crippen LogP contribution in [0.1, 0.15) is 41.7 Å². The van der Waals surface area contributed by atoms with Gasteiger partial charge in [-0.05, 0) is 25.8 Å². The van der Waals surface area contributed by atoms with E-state index in [1.165, 1.54) is 11.0 Å². The van der Waals surface area contributed by atoms with E-state index in [1.54, 1.807) is 21.0 Å². The van der Waals surface area contributed by atoms with Crippen LogP contribution in [0.4, 0.5) is 0 Å². The number of allylic oxidation sites excluding steroid dienone is 2. The van der Waals surface area contributed by atoms with Crippen molar-refractivity contribution in [1.82, 2.24) is 14.7 Å². The molecule has 1 heterocycles. The fraction of sp³-hybridized carbons (Fsp3) is 0.471. The predicted molar refractivity (Wildman–Crippen MR) is 86.8 cm³/mol. The Bertz CT molecular complexity index is 826. The SMILES string of the molecule is Cc1cc(C(=O)C2=C([O-])CCCC2=O)c(=O)n(CCC(=O)N(C)C)n1.[Na+]. The van der Waals surface area contributed by atoms with Gasteiger partial charge in [-0.1, -0.05) is 0 Å². The predicted octanol–water partition coefficient (Wildman–Crippen LogP) is -3.42. The van der Waals surface area contributed by atoms with Gasteiger partial charge in [0.25, 0.3) is 5.56 Å². The summed E-state index contributed by atoms with van der Waals surface area (Å²) < 4.78 is 1.03. The van der Waals surface area contributed by atoms with Gasteiger partial charge in [0.15, 0.2) is 5.78 Å². The van der Waals surface area contributed by atoms with Crippen molar-refractivity contribution in [2.75, 3.05) is 14.1 Å². The third kappa shape index (κ3) is 4.90. The molecular weight excluding hydrogens is 349 g/mol. The normalized spacial score (nSPS) is 14.0. The molecule has 0 N–H and O–H groups in total. The number of nitrogens with zero attached hydrogens (tertiary/aromatic N) is 3. The molecule has 8 nitrogen and oxygen atoms in total. The van der Waals surface area contributed by atoms with Crippen molar-refractivity contribution >= 4 is 17.5 Å². The van der Waals surface area contributed by atoms with E-state index in [0.717, 1.165) is 4.68 Å². The molecule has 1 aromatic heterocycles. The van der Waals surface area contributed by atoms with Crippen molar-refractivity contribution < 1.29 is 49.0 Å². The van der Waals surface area contributed by atoms with Crippen LogP contribution in [0.2, 0.25) is 0 Å². The first-order valence-electron chi connectivity index (χ1n) is 7.99. The Morgan fingerprint density at radius 1 is 1.27 bits per heavy atom. The van der Waals surface area contributed by atoms with Crippen LogP contribution in [0, 0.1) is 6.92 Å². The minimum absolute atomic E-state index is 0. The van der Waals surface area contributed by atoms with Gasteiger partial charge in [0.05, 0.1) is 23.4 Å². The smallest absolute Gasteiger partial charge is 0.875 e. The molecule has 1 aromatic rings. The number of Topliss-reactive ketones (excluding diaryl/α,β-unsaturated/α-hetero) is 2. The molecule has 26 heavy (non-hydrogen) atoms. The van der Waals surface area contributed by atoms with Crippen molar-refractivity contribution in [2.24, 2.45) is 0 Å². The van der Waals surface area contributed by atoms with E-state index in [4.69, 9.17) is 0 Å². The van der Waals surface area contributed by atoms with E-state index in [1.807, 2.05) is 0 Å². The Morgan fingerprint density at radius 3 is 2.50 bits per heavy atom. The standard InChI is InChI=1S/C17H21N3O5.Na/c1-10-9-11(16(24)15-12(21)5-4-6-13(15)22)17(25)20(18-10)8-7-14(23)19(2)3;/h9,21H,4-8H2,1-3H3;/q;+1/p-1. The Morgan fingerprint density at radius 2 is 1.92 bits per heavy atom. The minimum atomic E-state index is -0.849. The minimum Gasteiger partial charge on any atom is -0.875 e. The van der Waals surface area contributed by atoms with E-state index in [9.17, 15) is 24.3 Å². The zero-order valence-corrected chi connectivity index (χ0v) is 17.5. The second kappa shape index (κ2) is 9.25. The number of hydrogen-bond donors (Lipinski definition) is 0. The van der Waals surface area contributed by atoms with Gasteiger partial charge in [-0.3, -0.25) is 19.2 Å². The molecule has 0 unspecified atom stereocenters. The molecule has 1 aliphatic rings. The molecule has 0 radical (unpaired) electrons. The largest absolute Gasteiger partial charge is 1.00 e. The quantitative estimate of drug-likeness (QED) is 0.304. The monoisotopic (exact) mass is 369 g/mol. The van der Waals surface area contributed by atoms with Crippen LogP contribution in [0.15, 0.2) is 22.2 Å². The summed E-state index contributed by atoms with van der Waals surface area (Å²) in [4.78, 5) is 50.1. The van der Waals surface area contributed by atoms with E-state index >= 15 is 0 Å². The van der Waals surface area contributed by atoms with Gasteiger partial charge in [0, 0.05) is 26.9 Å². The molecule has 0 bridgehead atoms. The summed E-state index contributed by atoms with van der Waals surface area (Å²) in [6.45, 7) is 1.60. The van der Waals surface area contributed by atoms with Crippen LogP contribution in [-0.2, 0) is 16.1 Å². The average molecular weight is 369 g/mol. The van der Waals surface area contributed by atoms with Crippen LogP contribution in [0.25, 0.3) is 0 Å². The van der Waals surface area contributed by atoms with Crippen LogP contribution >= 0.6 is 0 Å².